The molecule has 2 aliphatic carbocycles. The Morgan fingerprint density at radius 1 is 1.35 bits per heavy atom. The first-order valence-corrected chi connectivity index (χ1v) is 6.51. The zero-order valence-corrected chi connectivity index (χ0v) is 10.5. The number of hydrogen-bond acceptors (Lipinski definition) is 2. The van der Waals surface area contributed by atoms with E-state index in [0.717, 1.165) is 17.7 Å². The third-order valence-corrected chi connectivity index (χ3v) is 4.00. The number of aliphatic hydroxyl groups is 1. The zero-order chi connectivity index (χ0) is 12.0. The van der Waals surface area contributed by atoms with Crippen LogP contribution in [0.25, 0.3) is 0 Å². The summed E-state index contributed by atoms with van der Waals surface area (Å²) >= 11 is 0. The van der Waals surface area contributed by atoms with Crippen molar-refractivity contribution in [2.75, 3.05) is 0 Å². The van der Waals surface area contributed by atoms with Crippen molar-refractivity contribution in [1.29, 1.82) is 0 Å². The maximum Gasteiger partial charge on any atom is 0.120 e. The summed E-state index contributed by atoms with van der Waals surface area (Å²) in [4.78, 5) is 0. The minimum Gasteiger partial charge on any atom is -0.490 e. The van der Waals surface area contributed by atoms with E-state index in [-0.39, 0.29) is 6.10 Å². The Morgan fingerprint density at radius 3 is 2.65 bits per heavy atom. The first-order valence-electron chi connectivity index (χ1n) is 6.51. The van der Waals surface area contributed by atoms with Crippen LogP contribution in [0.3, 0.4) is 0 Å². The van der Waals surface area contributed by atoms with E-state index in [1.807, 2.05) is 24.3 Å². The second-order valence-electron chi connectivity index (χ2n) is 6.13. The lowest BCUT2D eigenvalue weighted by atomic mass is 9.99. The van der Waals surface area contributed by atoms with Crippen molar-refractivity contribution in [3.05, 3.63) is 29.8 Å². The van der Waals surface area contributed by atoms with E-state index in [4.69, 9.17) is 4.74 Å². The van der Waals surface area contributed by atoms with Crippen LogP contribution in [0.4, 0.5) is 0 Å². The molecule has 2 fully saturated rings. The molecule has 2 aliphatic rings. The van der Waals surface area contributed by atoms with Gasteiger partial charge in [-0.1, -0.05) is 26.0 Å². The van der Waals surface area contributed by atoms with Gasteiger partial charge < -0.3 is 9.84 Å². The van der Waals surface area contributed by atoms with Gasteiger partial charge >= 0.3 is 0 Å². The molecule has 0 amide bonds. The van der Waals surface area contributed by atoms with Crippen LogP contribution in [0.2, 0.25) is 0 Å². The molecule has 3 rings (SSSR count). The van der Waals surface area contributed by atoms with E-state index in [1.54, 1.807) is 0 Å². The molecule has 2 heteroatoms. The lowest BCUT2D eigenvalue weighted by Gasteiger charge is -2.14. The Balaban J connectivity index is 1.73. The fourth-order valence-electron chi connectivity index (χ4n) is 2.43. The Morgan fingerprint density at radius 2 is 2.06 bits per heavy atom. The minimum absolute atomic E-state index is 0.298. The largest absolute Gasteiger partial charge is 0.490 e. The molecule has 2 nitrogen and oxygen atoms in total. The normalized spacial score (nSPS) is 27.6. The lowest BCUT2D eigenvalue weighted by Crippen LogP contribution is -2.05. The second-order valence-corrected chi connectivity index (χ2v) is 6.13. The van der Waals surface area contributed by atoms with Crippen LogP contribution in [0.15, 0.2) is 24.3 Å². The molecule has 2 saturated carbocycles. The fourth-order valence-corrected chi connectivity index (χ4v) is 2.43. The van der Waals surface area contributed by atoms with Crippen molar-refractivity contribution >= 4 is 0 Å². The van der Waals surface area contributed by atoms with Crippen LogP contribution >= 0.6 is 0 Å². The average Bonchev–Trinajstić information content (AvgIpc) is 3.18. The smallest absolute Gasteiger partial charge is 0.120 e. The van der Waals surface area contributed by atoms with Crippen molar-refractivity contribution < 1.29 is 9.84 Å². The van der Waals surface area contributed by atoms with E-state index in [9.17, 15) is 5.11 Å². The Kier molecular flexibility index (Phi) is 2.44. The quantitative estimate of drug-likeness (QED) is 0.863. The number of aliphatic hydroxyl groups excluding tert-OH is 1. The summed E-state index contributed by atoms with van der Waals surface area (Å²) in [6, 6.07) is 7.95. The molecule has 0 saturated heterocycles. The molecule has 17 heavy (non-hydrogen) atoms. The van der Waals surface area contributed by atoms with Gasteiger partial charge in [-0.3, -0.25) is 0 Å². The predicted octanol–water partition coefficient (Wildman–Crippen LogP) is 3.31. The molecule has 2 unspecified atom stereocenters. The summed E-state index contributed by atoms with van der Waals surface area (Å²) in [6.45, 7) is 4.43. The summed E-state index contributed by atoms with van der Waals surface area (Å²) in [5, 5.41) is 10.3. The van der Waals surface area contributed by atoms with Gasteiger partial charge in [0.1, 0.15) is 5.75 Å². The topological polar surface area (TPSA) is 29.5 Å². The van der Waals surface area contributed by atoms with E-state index in [2.05, 4.69) is 13.8 Å². The molecular formula is C15H20O2. The maximum absolute atomic E-state index is 10.3. The standard InChI is InChI=1S/C15H20O2/c1-15(2)9-13(15)14(16)10-4-3-5-12(8-10)17-11-6-7-11/h3-5,8,11,13-14,16H,6-7,9H2,1-2H3. The van der Waals surface area contributed by atoms with Crippen molar-refractivity contribution in [2.45, 2.75) is 45.3 Å². The molecule has 0 radical (unpaired) electrons. The first kappa shape index (κ1) is 11.1. The van der Waals surface area contributed by atoms with Crippen molar-refractivity contribution in [2.24, 2.45) is 11.3 Å². The van der Waals surface area contributed by atoms with Gasteiger partial charge in [0.25, 0.3) is 0 Å². The number of hydrogen-bond donors (Lipinski definition) is 1. The summed E-state index contributed by atoms with van der Waals surface area (Å²) in [6.07, 6.45) is 3.53. The molecule has 2 atom stereocenters. The van der Waals surface area contributed by atoms with Gasteiger partial charge in [0.05, 0.1) is 12.2 Å². The van der Waals surface area contributed by atoms with Crippen LogP contribution < -0.4 is 4.74 Å². The Labute approximate surface area is 103 Å². The molecule has 0 spiro atoms. The SMILES string of the molecule is CC1(C)CC1C(O)c1cccc(OC2CC2)c1. The fraction of sp³-hybridized carbons (Fsp3) is 0.600. The van der Waals surface area contributed by atoms with E-state index >= 15 is 0 Å². The van der Waals surface area contributed by atoms with Crippen molar-refractivity contribution in [1.82, 2.24) is 0 Å². The van der Waals surface area contributed by atoms with Crippen LogP contribution in [0.5, 0.6) is 5.75 Å². The molecular weight excluding hydrogens is 212 g/mol. The van der Waals surface area contributed by atoms with E-state index < -0.39 is 0 Å². The summed E-state index contributed by atoms with van der Waals surface area (Å²) in [5.41, 5.74) is 1.30. The van der Waals surface area contributed by atoms with Gasteiger partial charge in [-0.05, 0) is 48.3 Å². The van der Waals surface area contributed by atoms with Gasteiger partial charge in [0.2, 0.25) is 0 Å². The minimum atomic E-state index is -0.340. The number of rotatable bonds is 4. The van der Waals surface area contributed by atoms with Gasteiger partial charge in [-0.15, -0.1) is 0 Å². The van der Waals surface area contributed by atoms with Crippen LogP contribution in [-0.4, -0.2) is 11.2 Å². The third kappa shape index (κ3) is 2.32. The van der Waals surface area contributed by atoms with Gasteiger partial charge in [-0.2, -0.15) is 0 Å². The molecule has 0 heterocycles. The third-order valence-electron chi connectivity index (χ3n) is 4.00. The highest BCUT2D eigenvalue weighted by Crippen LogP contribution is 2.57. The summed E-state index contributed by atoms with van der Waals surface area (Å²) < 4.78 is 5.76. The van der Waals surface area contributed by atoms with Gasteiger partial charge in [0.15, 0.2) is 0 Å². The Bertz CT molecular complexity index is 421. The van der Waals surface area contributed by atoms with E-state index in [0.29, 0.717) is 17.4 Å². The van der Waals surface area contributed by atoms with Crippen LogP contribution in [0, 0.1) is 11.3 Å². The van der Waals surface area contributed by atoms with Crippen molar-refractivity contribution in [3.63, 3.8) is 0 Å². The molecule has 1 aromatic carbocycles. The molecule has 0 bridgehead atoms. The Hall–Kier alpha value is -1.02. The molecule has 0 aliphatic heterocycles. The highest BCUT2D eigenvalue weighted by molar-refractivity contribution is 5.31. The monoisotopic (exact) mass is 232 g/mol. The summed E-state index contributed by atoms with van der Waals surface area (Å²) in [7, 11) is 0. The number of ether oxygens (including phenoxy) is 1. The highest BCUT2D eigenvalue weighted by atomic mass is 16.5. The van der Waals surface area contributed by atoms with Gasteiger partial charge in [0, 0.05) is 0 Å². The molecule has 1 aromatic rings. The predicted molar refractivity (Wildman–Crippen MR) is 66.9 cm³/mol. The molecule has 92 valence electrons. The lowest BCUT2D eigenvalue weighted by molar-refractivity contribution is 0.138. The maximum atomic E-state index is 10.3. The van der Waals surface area contributed by atoms with Crippen LogP contribution in [-0.2, 0) is 0 Å². The first-order chi connectivity index (χ1) is 8.06. The van der Waals surface area contributed by atoms with E-state index in [1.165, 1.54) is 12.8 Å². The van der Waals surface area contributed by atoms with Gasteiger partial charge in [-0.25, -0.2) is 0 Å². The van der Waals surface area contributed by atoms with Crippen molar-refractivity contribution in [3.8, 4) is 5.75 Å². The average molecular weight is 232 g/mol. The summed E-state index contributed by atoms with van der Waals surface area (Å²) in [5.74, 6) is 1.31. The second kappa shape index (κ2) is 3.74. The molecule has 1 N–H and O–H groups in total. The number of benzene rings is 1. The van der Waals surface area contributed by atoms with Crippen LogP contribution in [0.1, 0.15) is 44.8 Å². The highest BCUT2D eigenvalue weighted by Gasteiger charge is 2.50. The molecule has 0 aromatic heterocycles. The zero-order valence-electron chi connectivity index (χ0n) is 10.5.